The lowest BCUT2D eigenvalue weighted by Crippen LogP contribution is -2.60. The highest BCUT2D eigenvalue weighted by molar-refractivity contribution is 5.35. The number of hydrogen-bond acceptors (Lipinski definition) is 4. The number of benzene rings is 1. The Morgan fingerprint density at radius 3 is 2.76 bits per heavy atom. The first kappa shape index (κ1) is 15.9. The molecule has 0 aromatic heterocycles. The fourth-order valence-electron chi connectivity index (χ4n) is 2.77. The second kappa shape index (κ2) is 6.07. The average molecular weight is 296 g/mol. The number of nitrogens with one attached hydrogen (secondary N) is 1. The van der Waals surface area contributed by atoms with Crippen LogP contribution >= 0.6 is 0 Å². The van der Waals surface area contributed by atoms with E-state index in [1.54, 1.807) is 6.07 Å². The quantitative estimate of drug-likeness (QED) is 0.647. The van der Waals surface area contributed by atoms with Crippen molar-refractivity contribution < 1.29 is 14.1 Å². The summed E-state index contributed by atoms with van der Waals surface area (Å²) in [6.07, 6.45) is 1.17. The molecule has 6 heteroatoms. The second-order valence-electron chi connectivity index (χ2n) is 5.98. The maximum Gasteiger partial charge on any atom is 0.304 e. The van der Waals surface area contributed by atoms with Crippen LogP contribution in [0.5, 0.6) is 0 Å². The van der Waals surface area contributed by atoms with Crippen LogP contribution in [0.1, 0.15) is 32.8 Å². The Morgan fingerprint density at radius 1 is 1.52 bits per heavy atom. The predicted molar refractivity (Wildman–Crippen MR) is 77.5 cm³/mol. The summed E-state index contributed by atoms with van der Waals surface area (Å²) < 4.78 is 19.2. The molecule has 21 heavy (non-hydrogen) atoms. The van der Waals surface area contributed by atoms with E-state index in [0.29, 0.717) is 24.8 Å². The van der Waals surface area contributed by atoms with Gasteiger partial charge in [-0.05, 0) is 25.0 Å². The Kier molecular flexibility index (Phi) is 4.58. The van der Waals surface area contributed by atoms with Crippen LogP contribution in [0.25, 0.3) is 0 Å². The highest BCUT2D eigenvalue weighted by Crippen LogP contribution is 2.42. The fraction of sp³-hybridized carbons (Fsp3) is 0.600. The summed E-state index contributed by atoms with van der Waals surface area (Å²) in [7, 11) is 0. The summed E-state index contributed by atoms with van der Waals surface area (Å²) in [6, 6.07) is 4.31. The van der Waals surface area contributed by atoms with Gasteiger partial charge in [0.15, 0.2) is 0 Å². The molecule has 1 fully saturated rings. The van der Waals surface area contributed by atoms with Gasteiger partial charge in [0.05, 0.1) is 11.0 Å². The molecule has 5 nitrogen and oxygen atoms in total. The summed E-state index contributed by atoms with van der Waals surface area (Å²) in [5.41, 5.74) is 0.253. The maximum absolute atomic E-state index is 13.5. The van der Waals surface area contributed by atoms with Crippen molar-refractivity contribution in [3.63, 3.8) is 0 Å². The molecule has 1 aliphatic carbocycles. The zero-order valence-electron chi connectivity index (χ0n) is 12.6. The van der Waals surface area contributed by atoms with Gasteiger partial charge in [-0.1, -0.05) is 19.9 Å². The summed E-state index contributed by atoms with van der Waals surface area (Å²) in [5.74, 6) is -0.792. The Hall–Kier alpha value is -1.53. The summed E-state index contributed by atoms with van der Waals surface area (Å²) >= 11 is 0. The molecule has 0 saturated heterocycles. The van der Waals surface area contributed by atoms with E-state index in [1.165, 1.54) is 12.1 Å². The minimum absolute atomic E-state index is 0.0370. The normalized spacial score (nSPS) is 23.6. The lowest BCUT2D eigenvalue weighted by Gasteiger charge is -2.52. The fourth-order valence-corrected chi connectivity index (χ4v) is 2.77. The summed E-state index contributed by atoms with van der Waals surface area (Å²) in [4.78, 5) is 9.86. The molecule has 2 rings (SSSR count). The topological polar surface area (TPSA) is 64.4 Å². The van der Waals surface area contributed by atoms with Gasteiger partial charge in [-0.25, -0.2) is 0 Å². The molecule has 0 aliphatic heterocycles. The number of ether oxygens (including phenoxy) is 1. The smallest absolute Gasteiger partial charge is 0.304 e. The number of halogens is 1. The van der Waals surface area contributed by atoms with Crippen molar-refractivity contribution >= 4 is 5.69 Å². The van der Waals surface area contributed by atoms with Crippen molar-refractivity contribution in [2.75, 3.05) is 6.61 Å². The van der Waals surface area contributed by atoms with Crippen LogP contribution in [0.3, 0.4) is 0 Å². The highest BCUT2D eigenvalue weighted by atomic mass is 19.1. The van der Waals surface area contributed by atoms with Gasteiger partial charge in [0.25, 0.3) is 0 Å². The van der Waals surface area contributed by atoms with Crippen LogP contribution < -0.4 is 5.32 Å². The van der Waals surface area contributed by atoms with Gasteiger partial charge in [-0.2, -0.15) is 4.39 Å². The minimum Gasteiger partial charge on any atom is -0.378 e. The van der Waals surface area contributed by atoms with Crippen molar-refractivity contribution in [2.45, 2.75) is 45.9 Å². The molecule has 116 valence electrons. The first-order chi connectivity index (χ1) is 9.86. The Bertz CT molecular complexity index is 534. The SMILES string of the molecule is CCOC1CC(NCc2ccc([N+](=O)[O-])c(F)c2)C1(C)C. The highest BCUT2D eigenvalue weighted by Gasteiger charge is 2.48. The summed E-state index contributed by atoms with van der Waals surface area (Å²) in [6.45, 7) is 7.46. The Morgan fingerprint density at radius 2 is 2.24 bits per heavy atom. The van der Waals surface area contributed by atoms with E-state index in [4.69, 9.17) is 4.74 Å². The van der Waals surface area contributed by atoms with Gasteiger partial charge in [0, 0.05) is 30.7 Å². The van der Waals surface area contributed by atoms with Gasteiger partial charge in [0.2, 0.25) is 5.82 Å². The molecular weight excluding hydrogens is 275 g/mol. The van der Waals surface area contributed by atoms with E-state index in [9.17, 15) is 14.5 Å². The van der Waals surface area contributed by atoms with E-state index >= 15 is 0 Å². The number of nitro groups is 1. The van der Waals surface area contributed by atoms with E-state index in [2.05, 4.69) is 19.2 Å². The zero-order valence-corrected chi connectivity index (χ0v) is 12.6. The molecule has 0 heterocycles. The van der Waals surface area contributed by atoms with Crippen LogP contribution in [0.2, 0.25) is 0 Å². The third-order valence-corrected chi connectivity index (χ3v) is 4.31. The molecule has 0 radical (unpaired) electrons. The van der Waals surface area contributed by atoms with Crippen LogP contribution in [-0.4, -0.2) is 23.7 Å². The third kappa shape index (κ3) is 3.22. The lowest BCUT2D eigenvalue weighted by molar-refractivity contribution is -0.387. The van der Waals surface area contributed by atoms with Gasteiger partial charge in [-0.3, -0.25) is 10.1 Å². The first-order valence-corrected chi connectivity index (χ1v) is 7.14. The van der Waals surface area contributed by atoms with Gasteiger partial charge >= 0.3 is 5.69 Å². The molecule has 2 atom stereocenters. The van der Waals surface area contributed by atoms with Crippen molar-refractivity contribution in [1.82, 2.24) is 5.32 Å². The van der Waals surface area contributed by atoms with Gasteiger partial charge in [0.1, 0.15) is 0 Å². The molecular formula is C15H21FN2O3. The molecule has 0 spiro atoms. The van der Waals surface area contributed by atoms with E-state index < -0.39 is 16.4 Å². The average Bonchev–Trinajstić information content (AvgIpc) is 2.41. The number of hydrogen-bond donors (Lipinski definition) is 1. The van der Waals surface area contributed by atoms with Crippen molar-refractivity contribution in [3.8, 4) is 0 Å². The molecule has 1 N–H and O–H groups in total. The summed E-state index contributed by atoms with van der Waals surface area (Å²) in [5, 5.41) is 13.9. The minimum atomic E-state index is -0.792. The van der Waals surface area contributed by atoms with Crippen molar-refractivity contribution in [3.05, 3.63) is 39.7 Å². The van der Waals surface area contributed by atoms with Crippen LogP contribution in [0.15, 0.2) is 18.2 Å². The molecule has 1 aliphatic rings. The maximum atomic E-state index is 13.5. The van der Waals surface area contributed by atoms with E-state index in [0.717, 1.165) is 6.42 Å². The standard InChI is InChI=1S/C15H21FN2O3/c1-4-21-14-8-13(15(14,2)3)17-9-10-5-6-12(18(19)20)11(16)7-10/h5-7,13-14,17H,4,8-9H2,1-3H3. The number of nitrogens with zero attached hydrogens (tertiary/aromatic N) is 1. The molecule has 2 unspecified atom stereocenters. The van der Waals surface area contributed by atoms with Crippen LogP contribution in [-0.2, 0) is 11.3 Å². The monoisotopic (exact) mass is 296 g/mol. The van der Waals surface area contributed by atoms with Crippen LogP contribution in [0.4, 0.5) is 10.1 Å². The third-order valence-electron chi connectivity index (χ3n) is 4.31. The molecule has 1 aromatic rings. The Labute approximate surface area is 123 Å². The van der Waals surface area contributed by atoms with E-state index in [1.807, 2.05) is 6.92 Å². The molecule has 0 bridgehead atoms. The van der Waals surface area contributed by atoms with Crippen LogP contribution in [0, 0.1) is 21.3 Å². The molecule has 1 aromatic carbocycles. The van der Waals surface area contributed by atoms with Gasteiger partial charge < -0.3 is 10.1 Å². The molecule has 1 saturated carbocycles. The zero-order chi connectivity index (χ0) is 15.6. The predicted octanol–water partition coefficient (Wildman–Crippen LogP) is 3.03. The largest absolute Gasteiger partial charge is 0.378 e. The van der Waals surface area contributed by atoms with Crippen molar-refractivity contribution in [1.29, 1.82) is 0 Å². The van der Waals surface area contributed by atoms with Gasteiger partial charge in [-0.15, -0.1) is 0 Å². The van der Waals surface area contributed by atoms with Crippen molar-refractivity contribution in [2.24, 2.45) is 5.41 Å². The Balaban J connectivity index is 1.93. The lowest BCUT2D eigenvalue weighted by atomic mass is 9.64. The molecule has 0 amide bonds. The number of rotatable bonds is 6. The second-order valence-corrected chi connectivity index (χ2v) is 5.98. The first-order valence-electron chi connectivity index (χ1n) is 7.14. The number of nitro benzene ring substituents is 1. The van der Waals surface area contributed by atoms with E-state index in [-0.39, 0.29) is 11.5 Å².